The van der Waals surface area contributed by atoms with Crippen molar-refractivity contribution in [2.75, 3.05) is 30.3 Å². The first-order valence-electron chi connectivity index (χ1n) is 10.1. The largest absolute Gasteiger partial charge is 0.490 e. The van der Waals surface area contributed by atoms with Gasteiger partial charge in [-0.05, 0) is 67.8 Å². The molecule has 0 saturated carbocycles. The van der Waals surface area contributed by atoms with Crippen LogP contribution >= 0.6 is 11.6 Å². The second-order valence-corrected chi connectivity index (χ2v) is 9.32. The Bertz CT molecular complexity index is 1070. The lowest BCUT2D eigenvalue weighted by atomic mass is 10.2. The summed E-state index contributed by atoms with van der Waals surface area (Å²) in [6, 6.07) is 10.1. The molecule has 2 aromatic carbocycles. The van der Waals surface area contributed by atoms with Gasteiger partial charge < -0.3 is 9.47 Å². The molecular weight excluding hydrogens is 454 g/mol. The molecule has 2 rings (SSSR count). The number of carbonyl (C=O) groups excluding carboxylic acids is 1. The molecule has 0 fully saturated rings. The molecule has 1 N–H and O–H groups in total. The molecule has 0 heterocycles. The van der Waals surface area contributed by atoms with Gasteiger partial charge in [-0.1, -0.05) is 18.5 Å². The van der Waals surface area contributed by atoms with Gasteiger partial charge in [0.2, 0.25) is 10.0 Å². The fourth-order valence-electron chi connectivity index (χ4n) is 2.83. The summed E-state index contributed by atoms with van der Waals surface area (Å²) < 4.78 is 36.8. The molecule has 0 atom stereocenters. The number of ether oxygens (including phenoxy) is 2. The maximum Gasteiger partial charge on any atom is 0.260 e. The lowest BCUT2D eigenvalue weighted by molar-refractivity contribution is -0.119. The number of nitrogens with zero attached hydrogens (tertiary/aromatic N) is 2. The number of hydrogen-bond donors (Lipinski definition) is 1. The number of anilines is 1. The van der Waals surface area contributed by atoms with Crippen molar-refractivity contribution in [3.63, 3.8) is 0 Å². The first kappa shape index (κ1) is 25.5. The molecule has 0 bridgehead atoms. The van der Waals surface area contributed by atoms with Gasteiger partial charge >= 0.3 is 0 Å². The van der Waals surface area contributed by atoms with Gasteiger partial charge in [0.05, 0.1) is 31.4 Å². The van der Waals surface area contributed by atoms with Crippen molar-refractivity contribution < 1.29 is 22.7 Å². The summed E-state index contributed by atoms with van der Waals surface area (Å²) in [6.45, 7) is 6.24. The lowest BCUT2D eigenvalue weighted by Gasteiger charge is -2.23. The second kappa shape index (κ2) is 11.7. The number of hydrogen-bond acceptors (Lipinski definition) is 6. The standard InChI is InChI=1S/C22H28ClN3O5S/c1-5-11-31-20-10-7-17(13-21(20)30-6-2)14-24-25-22(27)15-26(32(4,28)29)19-9-8-18(23)12-16(19)3/h7-10,12-14H,5-6,11,15H2,1-4H3,(H,25,27)/b24-14-. The highest BCUT2D eigenvalue weighted by Gasteiger charge is 2.22. The van der Waals surface area contributed by atoms with E-state index in [-0.39, 0.29) is 0 Å². The van der Waals surface area contributed by atoms with Crippen LogP contribution in [0.25, 0.3) is 0 Å². The van der Waals surface area contributed by atoms with Gasteiger partial charge in [0.25, 0.3) is 5.91 Å². The maximum atomic E-state index is 12.4. The number of benzene rings is 2. The topological polar surface area (TPSA) is 97.3 Å². The van der Waals surface area contributed by atoms with Gasteiger partial charge in [-0.2, -0.15) is 5.10 Å². The first-order valence-corrected chi connectivity index (χ1v) is 12.3. The molecule has 0 aliphatic carbocycles. The van der Waals surface area contributed by atoms with Crippen LogP contribution in [0.3, 0.4) is 0 Å². The van der Waals surface area contributed by atoms with Crippen molar-refractivity contribution in [2.24, 2.45) is 5.10 Å². The summed E-state index contributed by atoms with van der Waals surface area (Å²) in [6.07, 6.45) is 3.36. The van der Waals surface area contributed by atoms with E-state index < -0.39 is 22.5 Å². The first-order chi connectivity index (χ1) is 15.2. The average molecular weight is 482 g/mol. The van der Waals surface area contributed by atoms with Crippen molar-refractivity contribution in [3.05, 3.63) is 52.5 Å². The highest BCUT2D eigenvalue weighted by Crippen LogP contribution is 2.28. The third-order valence-corrected chi connectivity index (χ3v) is 5.61. The van der Waals surface area contributed by atoms with E-state index in [2.05, 4.69) is 10.5 Å². The van der Waals surface area contributed by atoms with Crippen molar-refractivity contribution >= 4 is 39.4 Å². The molecule has 0 saturated heterocycles. The minimum atomic E-state index is -3.70. The van der Waals surface area contributed by atoms with Gasteiger partial charge in [-0.25, -0.2) is 13.8 Å². The van der Waals surface area contributed by atoms with E-state index in [4.69, 9.17) is 21.1 Å². The van der Waals surface area contributed by atoms with E-state index in [1.54, 1.807) is 43.3 Å². The van der Waals surface area contributed by atoms with E-state index in [0.717, 1.165) is 17.0 Å². The molecule has 2 aromatic rings. The highest BCUT2D eigenvalue weighted by molar-refractivity contribution is 7.92. The summed E-state index contributed by atoms with van der Waals surface area (Å²) in [4.78, 5) is 12.4. The zero-order valence-corrected chi connectivity index (χ0v) is 20.2. The number of carbonyl (C=O) groups is 1. The summed E-state index contributed by atoms with van der Waals surface area (Å²) >= 11 is 5.95. The Kier molecular flexibility index (Phi) is 9.34. The molecular formula is C22H28ClN3O5S. The number of sulfonamides is 1. The highest BCUT2D eigenvalue weighted by atomic mass is 35.5. The molecule has 0 aliphatic heterocycles. The number of hydrazone groups is 1. The lowest BCUT2D eigenvalue weighted by Crippen LogP contribution is -2.39. The van der Waals surface area contributed by atoms with E-state index in [9.17, 15) is 13.2 Å². The van der Waals surface area contributed by atoms with Crippen LogP contribution in [0.15, 0.2) is 41.5 Å². The van der Waals surface area contributed by atoms with Crippen molar-refractivity contribution in [2.45, 2.75) is 27.2 Å². The van der Waals surface area contributed by atoms with E-state index in [0.29, 0.717) is 46.5 Å². The molecule has 0 radical (unpaired) electrons. The number of rotatable bonds is 11. The van der Waals surface area contributed by atoms with Crippen LogP contribution in [0, 0.1) is 6.92 Å². The number of nitrogens with one attached hydrogen (secondary N) is 1. The van der Waals surface area contributed by atoms with Gasteiger partial charge in [0, 0.05) is 5.02 Å². The average Bonchev–Trinajstić information content (AvgIpc) is 2.71. The fourth-order valence-corrected chi connectivity index (χ4v) is 3.97. The molecule has 8 nitrogen and oxygen atoms in total. The number of aryl methyl sites for hydroxylation is 1. The van der Waals surface area contributed by atoms with Crippen molar-refractivity contribution in [3.8, 4) is 11.5 Å². The van der Waals surface area contributed by atoms with E-state index in [1.807, 2.05) is 13.8 Å². The normalized spacial score (nSPS) is 11.4. The monoisotopic (exact) mass is 481 g/mol. The zero-order chi connectivity index (χ0) is 23.7. The third kappa shape index (κ3) is 7.42. The minimum Gasteiger partial charge on any atom is -0.490 e. The van der Waals surface area contributed by atoms with E-state index in [1.165, 1.54) is 6.21 Å². The minimum absolute atomic E-state index is 0.375. The predicted molar refractivity (Wildman–Crippen MR) is 128 cm³/mol. The predicted octanol–water partition coefficient (Wildman–Crippen LogP) is 3.75. The smallest absolute Gasteiger partial charge is 0.260 e. The molecule has 0 aromatic heterocycles. The quantitative estimate of drug-likeness (QED) is 0.389. The van der Waals surface area contributed by atoms with Crippen LogP contribution in [0.4, 0.5) is 5.69 Å². The molecule has 10 heteroatoms. The molecule has 1 amide bonds. The number of halogens is 1. The van der Waals surface area contributed by atoms with Gasteiger partial charge in [-0.3, -0.25) is 9.10 Å². The molecule has 32 heavy (non-hydrogen) atoms. The van der Waals surface area contributed by atoms with Crippen LogP contribution in [-0.2, 0) is 14.8 Å². The molecule has 0 spiro atoms. The summed E-state index contributed by atoms with van der Waals surface area (Å²) in [7, 11) is -3.70. The van der Waals surface area contributed by atoms with Crippen LogP contribution in [0.2, 0.25) is 5.02 Å². The maximum absolute atomic E-state index is 12.4. The molecule has 0 aliphatic rings. The second-order valence-electron chi connectivity index (χ2n) is 6.98. The summed E-state index contributed by atoms with van der Waals surface area (Å²) in [5, 5.41) is 4.41. The SMILES string of the molecule is CCCOc1ccc(/C=N\NC(=O)CN(c2ccc(Cl)cc2C)S(C)(=O)=O)cc1OCC. The Morgan fingerprint density at radius 2 is 1.91 bits per heavy atom. The van der Waals surface area contributed by atoms with Gasteiger partial charge in [0.15, 0.2) is 11.5 Å². The Hall–Kier alpha value is -2.78. The Balaban J connectivity index is 2.10. The number of amides is 1. The zero-order valence-electron chi connectivity index (χ0n) is 18.6. The van der Waals surface area contributed by atoms with Crippen LogP contribution in [0.1, 0.15) is 31.4 Å². The Morgan fingerprint density at radius 1 is 1.16 bits per heavy atom. The summed E-state index contributed by atoms with van der Waals surface area (Å²) in [5.74, 6) is 0.628. The van der Waals surface area contributed by atoms with Crippen LogP contribution < -0.4 is 19.2 Å². The molecule has 174 valence electrons. The van der Waals surface area contributed by atoms with Gasteiger partial charge in [0.1, 0.15) is 6.54 Å². The van der Waals surface area contributed by atoms with Crippen molar-refractivity contribution in [1.29, 1.82) is 0 Å². The fraction of sp³-hybridized carbons (Fsp3) is 0.364. The Morgan fingerprint density at radius 3 is 2.53 bits per heavy atom. The Labute approximate surface area is 194 Å². The van der Waals surface area contributed by atoms with Crippen molar-refractivity contribution in [1.82, 2.24) is 5.43 Å². The van der Waals surface area contributed by atoms with E-state index >= 15 is 0 Å². The molecule has 0 unspecified atom stereocenters. The summed E-state index contributed by atoms with van der Waals surface area (Å²) in [5.41, 5.74) is 4.05. The van der Waals surface area contributed by atoms with Crippen LogP contribution in [0.5, 0.6) is 11.5 Å². The third-order valence-electron chi connectivity index (χ3n) is 4.25. The van der Waals surface area contributed by atoms with Gasteiger partial charge in [-0.15, -0.1) is 0 Å². The van der Waals surface area contributed by atoms with Crippen LogP contribution in [-0.4, -0.2) is 46.6 Å².